The standard InChI is InChI=1S/C16H16F2O/c1-3-13-11(2)16(18)14(17)9-15(13)19-10-12-7-5-4-6-8-12/h4-9H,3,10H2,1-2H3. The molecule has 2 aromatic rings. The lowest BCUT2D eigenvalue weighted by molar-refractivity contribution is 0.299. The summed E-state index contributed by atoms with van der Waals surface area (Å²) in [4.78, 5) is 0. The maximum Gasteiger partial charge on any atom is 0.162 e. The summed E-state index contributed by atoms with van der Waals surface area (Å²) in [6.45, 7) is 3.82. The Morgan fingerprint density at radius 2 is 1.79 bits per heavy atom. The van der Waals surface area contributed by atoms with E-state index in [0.29, 0.717) is 24.3 Å². The van der Waals surface area contributed by atoms with Crippen LogP contribution in [0.4, 0.5) is 8.78 Å². The van der Waals surface area contributed by atoms with Crippen LogP contribution in [0.25, 0.3) is 0 Å². The van der Waals surface area contributed by atoms with Gasteiger partial charge in [0, 0.05) is 6.07 Å². The predicted octanol–water partition coefficient (Wildman–Crippen LogP) is 4.41. The smallest absolute Gasteiger partial charge is 0.162 e. The highest BCUT2D eigenvalue weighted by atomic mass is 19.2. The van der Waals surface area contributed by atoms with Crippen LogP contribution in [-0.4, -0.2) is 0 Å². The van der Waals surface area contributed by atoms with Crippen LogP contribution in [0.5, 0.6) is 5.75 Å². The van der Waals surface area contributed by atoms with Crippen molar-refractivity contribution in [1.82, 2.24) is 0 Å². The van der Waals surface area contributed by atoms with E-state index in [9.17, 15) is 8.78 Å². The van der Waals surface area contributed by atoms with Crippen molar-refractivity contribution in [3.05, 3.63) is 64.7 Å². The second-order valence-electron chi connectivity index (χ2n) is 4.40. The molecule has 3 heteroatoms. The summed E-state index contributed by atoms with van der Waals surface area (Å²) in [5.41, 5.74) is 2.03. The molecule has 0 amide bonds. The van der Waals surface area contributed by atoms with E-state index in [0.717, 1.165) is 17.2 Å². The normalized spacial score (nSPS) is 10.5. The Bertz CT molecular complexity index is 565. The Morgan fingerprint density at radius 3 is 2.42 bits per heavy atom. The fraction of sp³-hybridized carbons (Fsp3) is 0.250. The fourth-order valence-corrected chi connectivity index (χ4v) is 2.07. The zero-order valence-corrected chi connectivity index (χ0v) is 11.0. The minimum absolute atomic E-state index is 0.325. The van der Waals surface area contributed by atoms with E-state index in [4.69, 9.17) is 4.74 Å². The lowest BCUT2D eigenvalue weighted by atomic mass is 10.0. The maximum absolute atomic E-state index is 13.5. The third-order valence-electron chi connectivity index (χ3n) is 3.14. The molecule has 2 aromatic carbocycles. The van der Waals surface area contributed by atoms with E-state index < -0.39 is 11.6 Å². The summed E-state index contributed by atoms with van der Waals surface area (Å²) >= 11 is 0. The molecule has 0 heterocycles. The molecule has 0 aromatic heterocycles. The Labute approximate surface area is 111 Å². The van der Waals surface area contributed by atoms with Gasteiger partial charge in [-0.1, -0.05) is 37.3 Å². The van der Waals surface area contributed by atoms with Crippen LogP contribution in [0.2, 0.25) is 0 Å². The molecular weight excluding hydrogens is 246 g/mol. The predicted molar refractivity (Wildman–Crippen MR) is 71.2 cm³/mol. The van der Waals surface area contributed by atoms with Gasteiger partial charge in [-0.3, -0.25) is 0 Å². The highest BCUT2D eigenvalue weighted by molar-refractivity contribution is 5.41. The number of hydrogen-bond donors (Lipinski definition) is 0. The first-order valence-corrected chi connectivity index (χ1v) is 6.27. The van der Waals surface area contributed by atoms with Gasteiger partial charge < -0.3 is 4.74 Å². The van der Waals surface area contributed by atoms with Crippen molar-refractivity contribution in [3.8, 4) is 5.75 Å². The minimum atomic E-state index is -0.863. The number of ether oxygens (including phenoxy) is 1. The van der Waals surface area contributed by atoms with Gasteiger partial charge in [0.25, 0.3) is 0 Å². The topological polar surface area (TPSA) is 9.23 Å². The van der Waals surface area contributed by atoms with Gasteiger partial charge in [0.05, 0.1) is 0 Å². The number of halogens is 2. The molecule has 0 unspecified atom stereocenters. The zero-order valence-electron chi connectivity index (χ0n) is 11.0. The first-order valence-electron chi connectivity index (χ1n) is 6.27. The second-order valence-corrected chi connectivity index (χ2v) is 4.40. The van der Waals surface area contributed by atoms with Gasteiger partial charge in [0.15, 0.2) is 11.6 Å². The fourth-order valence-electron chi connectivity index (χ4n) is 2.07. The van der Waals surface area contributed by atoms with Crippen molar-refractivity contribution in [2.75, 3.05) is 0 Å². The Kier molecular flexibility index (Phi) is 4.15. The van der Waals surface area contributed by atoms with Gasteiger partial charge in [-0.05, 0) is 30.0 Å². The first-order chi connectivity index (χ1) is 9.13. The largest absolute Gasteiger partial charge is 0.489 e. The molecule has 0 radical (unpaired) electrons. The van der Waals surface area contributed by atoms with Gasteiger partial charge in [0.2, 0.25) is 0 Å². The van der Waals surface area contributed by atoms with E-state index in [2.05, 4.69) is 0 Å². The lowest BCUT2D eigenvalue weighted by Gasteiger charge is -2.14. The average Bonchev–Trinajstić information content (AvgIpc) is 2.44. The van der Waals surface area contributed by atoms with Crippen LogP contribution < -0.4 is 4.74 Å². The molecular formula is C16H16F2O. The minimum Gasteiger partial charge on any atom is -0.489 e. The Balaban J connectivity index is 2.25. The molecule has 2 rings (SSSR count). The van der Waals surface area contributed by atoms with Gasteiger partial charge >= 0.3 is 0 Å². The highest BCUT2D eigenvalue weighted by Gasteiger charge is 2.15. The van der Waals surface area contributed by atoms with Crippen LogP contribution >= 0.6 is 0 Å². The van der Waals surface area contributed by atoms with Crippen LogP contribution in [0.3, 0.4) is 0 Å². The van der Waals surface area contributed by atoms with E-state index in [1.807, 2.05) is 37.3 Å². The molecule has 0 aliphatic rings. The van der Waals surface area contributed by atoms with Crippen molar-refractivity contribution in [2.24, 2.45) is 0 Å². The van der Waals surface area contributed by atoms with Crippen LogP contribution in [0.1, 0.15) is 23.6 Å². The molecule has 0 aliphatic heterocycles. The van der Waals surface area contributed by atoms with Crippen LogP contribution in [0, 0.1) is 18.6 Å². The van der Waals surface area contributed by atoms with Gasteiger partial charge in [-0.15, -0.1) is 0 Å². The average molecular weight is 262 g/mol. The van der Waals surface area contributed by atoms with Crippen molar-refractivity contribution in [3.63, 3.8) is 0 Å². The summed E-state index contributed by atoms with van der Waals surface area (Å²) in [6, 6.07) is 10.7. The summed E-state index contributed by atoms with van der Waals surface area (Å²) in [7, 11) is 0. The third kappa shape index (κ3) is 2.92. The SMILES string of the molecule is CCc1c(OCc2ccccc2)cc(F)c(F)c1C. The second kappa shape index (κ2) is 5.83. The van der Waals surface area contributed by atoms with Crippen LogP contribution in [-0.2, 0) is 13.0 Å². The summed E-state index contributed by atoms with van der Waals surface area (Å²) in [5.74, 6) is -1.23. The Morgan fingerprint density at radius 1 is 1.11 bits per heavy atom. The van der Waals surface area contributed by atoms with E-state index in [1.54, 1.807) is 6.92 Å². The first kappa shape index (κ1) is 13.5. The maximum atomic E-state index is 13.5. The number of benzene rings is 2. The monoisotopic (exact) mass is 262 g/mol. The molecule has 1 nitrogen and oxygen atoms in total. The lowest BCUT2D eigenvalue weighted by Crippen LogP contribution is -2.03. The number of hydrogen-bond acceptors (Lipinski definition) is 1. The molecule has 19 heavy (non-hydrogen) atoms. The van der Waals surface area contributed by atoms with Crippen molar-refractivity contribution >= 4 is 0 Å². The molecule has 0 saturated carbocycles. The van der Waals surface area contributed by atoms with Crippen molar-refractivity contribution in [1.29, 1.82) is 0 Å². The molecule has 0 N–H and O–H groups in total. The highest BCUT2D eigenvalue weighted by Crippen LogP contribution is 2.28. The molecule has 100 valence electrons. The zero-order chi connectivity index (χ0) is 13.8. The molecule has 0 aliphatic carbocycles. The van der Waals surface area contributed by atoms with Gasteiger partial charge in [0.1, 0.15) is 12.4 Å². The van der Waals surface area contributed by atoms with Crippen LogP contribution in [0.15, 0.2) is 36.4 Å². The molecule has 0 atom stereocenters. The Hall–Kier alpha value is -1.90. The quantitative estimate of drug-likeness (QED) is 0.792. The number of rotatable bonds is 4. The van der Waals surface area contributed by atoms with Crippen molar-refractivity contribution in [2.45, 2.75) is 26.9 Å². The van der Waals surface area contributed by atoms with E-state index in [1.165, 1.54) is 0 Å². The molecule has 0 bridgehead atoms. The van der Waals surface area contributed by atoms with E-state index >= 15 is 0 Å². The molecule has 0 fully saturated rings. The molecule has 0 spiro atoms. The third-order valence-corrected chi connectivity index (χ3v) is 3.14. The van der Waals surface area contributed by atoms with Gasteiger partial charge in [-0.25, -0.2) is 8.78 Å². The molecule has 0 saturated heterocycles. The summed E-state index contributed by atoms with van der Waals surface area (Å²) < 4.78 is 32.5. The van der Waals surface area contributed by atoms with E-state index in [-0.39, 0.29) is 0 Å². The van der Waals surface area contributed by atoms with Crippen molar-refractivity contribution < 1.29 is 13.5 Å². The summed E-state index contributed by atoms with van der Waals surface area (Å²) in [5, 5.41) is 0. The summed E-state index contributed by atoms with van der Waals surface area (Å²) in [6.07, 6.45) is 0.604. The van der Waals surface area contributed by atoms with Gasteiger partial charge in [-0.2, -0.15) is 0 Å².